The van der Waals surface area contributed by atoms with E-state index in [1.807, 2.05) is 68.4 Å². The Kier molecular flexibility index (Phi) is 5.46. The summed E-state index contributed by atoms with van der Waals surface area (Å²) in [5.41, 5.74) is 2.92. The molecule has 0 saturated carbocycles. The summed E-state index contributed by atoms with van der Waals surface area (Å²) in [5, 5.41) is 3.76. The molecule has 5 heteroatoms. The van der Waals surface area contributed by atoms with Crippen molar-refractivity contribution >= 4 is 17.2 Å². The summed E-state index contributed by atoms with van der Waals surface area (Å²) in [5.74, 6) is 0.708. The van der Waals surface area contributed by atoms with Gasteiger partial charge in [0.2, 0.25) is 0 Å². The van der Waals surface area contributed by atoms with E-state index in [0.29, 0.717) is 18.0 Å². The minimum atomic E-state index is -0.106. The average molecular weight is 352 g/mol. The van der Waals surface area contributed by atoms with Crippen molar-refractivity contribution in [2.75, 3.05) is 13.2 Å². The summed E-state index contributed by atoms with van der Waals surface area (Å²) in [6.07, 6.45) is 0. The second kappa shape index (κ2) is 7.94. The fourth-order valence-corrected chi connectivity index (χ4v) is 3.42. The molecule has 4 nitrogen and oxygen atoms in total. The van der Waals surface area contributed by atoms with Crippen molar-refractivity contribution in [3.8, 4) is 16.3 Å². The average Bonchev–Trinajstić information content (AvgIpc) is 3.01. The van der Waals surface area contributed by atoms with Crippen molar-refractivity contribution < 1.29 is 9.53 Å². The van der Waals surface area contributed by atoms with Gasteiger partial charge in [-0.3, -0.25) is 4.79 Å². The SMILES string of the molecule is Cc1cccc(OCCNC(=O)c2sc(-c3ccccc3)nc2C)c1. The highest BCUT2D eigenvalue weighted by Gasteiger charge is 2.15. The first-order chi connectivity index (χ1) is 12.1. The van der Waals surface area contributed by atoms with Gasteiger partial charge >= 0.3 is 0 Å². The molecule has 0 aliphatic heterocycles. The Bertz CT molecular complexity index is 859. The molecular formula is C20H20N2O2S. The van der Waals surface area contributed by atoms with Gasteiger partial charge in [0.15, 0.2) is 0 Å². The molecule has 25 heavy (non-hydrogen) atoms. The maximum Gasteiger partial charge on any atom is 0.263 e. The Labute approximate surface area is 151 Å². The van der Waals surface area contributed by atoms with Crippen LogP contribution in [0.1, 0.15) is 20.9 Å². The van der Waals surface area contributed by atoms with Crippen LogP contribution in [0.5, 0.6) is 5.75 Å². The number of hydrogen-bond donors (Lipinski definition) is 1. The highest BCUT2D eigenvalue weighted by Crippen LogP contribution is 2.27. The first-order valence-corrected chi connectivity index (χ1v) is 8.95. The molecule has 128 valence electrons. The molecule has 0 unspecified atom stereocenters. The van der Waals surface area contributed by atoms with Crippen molar-refractivity contribution in [1.29, 1.82) is 0 Å². The van der Waals surface area contributed by atoms with Crippen LogP contribution in [0.2, 0.25) is 0 Å². The van der Waals surface area contributed by atoms with Crippen LogP contribution in [0.4, 0.5) is 0 Å². The Morgan fingerprint density at radius 1 is 1.12 bits per heavy atom. The maximum atomic E-state index is 12.4. The van der Waals surface area contributed by atoms with Gasteiger partial charge in [0.05, 0.1) is 12.2 Å². The predicted molar refractivity (Wildman–Crippen MR) is 101 cm³/mol. The van der Waals surface area contributed by atoms with E-state index in [1.54, 1.807) is 0 Å². The number of nitrogens with zero attached hydrogens (tertiary/aromatic N) is 1. The molecule has 0 atom stereocenters. The number of carbonyl (C=O) groups is 1. The molecule has 1 amide bonds. The van der Waals surface area contributed by atoms with Crippen LogP contribution < -0.4 is 10.1 Å². The zero-order chi connectivity index (χ0) is 17.6. The molecule has 3 rings (SSSR count). The van der Waals surface area contributed by atoms with Crippen LogP contribution in [0.25, 0.3) is 10.6 Å². The van der Waals surface area contributed by atoms with E-state index in [1.165, 1.54) is 11.3 Å². The van der Waals surface area contributed by atoms with Gasteiger partial charge in [-0.1, -0.05) is 42.5 Å². The van der Waals surface area contributed by atoms with E-state index < -0.39 is 0 Å². The van der Waals surface area contributed by atoms with Gasteiger partial charge in [-0.05, 0) is 31.5 Å². The Morgan fingerprint density at radius 3 is 2.68 bits per heavy atom. The van der Waals surface area contributed by atoms with Gasteiger partial charge in [-0.25, -0.2) is 4.98 Å². The predicted octanol–water partition coefficient (Wildman–Crippen LogP) is 4.24. The molecule has 0 aliphatic carbocycles. The van der Waals surface area contributed by atoms with Crippen LogP contribution in [-0.4, -0.2) is 24.0 Å². The molecule has 0 saturated heterocycles. The maximum absolute atomic E-state index is 12.4. The lowest BCUT2D eigenvalue weighted by Gasteiger charge is -2.07. The van der Waals surface area contributed by atoms with Crippen molar-refractivity contribution in [2.45, 2.75) is 13.8 Å². The summed E-state index contributed by atoms with van der Waals surface area (Å²) in [6.45, 7) is 4.76. The quantitative estimate of drug-likeness (QED) is 0.675. The van der Waals surface area contributed by atoms with Crippen molar-refractivity contribution in [3.05, 3.63) is 70.7 Å². The smallest absolute Gasteiger partial charge is 0.263 e. The third-order valence-electron chi connectivity index (χ3n) is 3.67. The summed E-state index contributed by atoms with van der Waals surface area (Å²) in [6, 6.07) is 17.7. The molecule has 0 aliphatic rings. The topological polar surface area (TPSA) is 51.2 Å². The first kappa shape index (κ1) is 17.2. The first-order valence-electron chi connectivity index (χ1n) is 8.14. The lowest BCUT2D eigenvalue weighted by molar-refractivity contribution is 0.0950. The Hall–Kier alpha value is -2.66. The van der Waals surface area contributed by atoms with Crippen molar-refractivity contribution in [1.82, 2.24) is 10.3 Å². The zero-order valence-corrected chi connectivity index (χ0v) is 15.1. The molecule has 0 bridgehead atoms. The van der Waals surface area contributed by atoms with Crippen LogP contribution in [-0.2, 0) is 0 Å². The Balaban J connectivity index is 1.56. The number of rotatable bonds is 6. The second-order valence-electron chi connectivity index (χ2n) is 5.72. The normalized spacial score (nSPS) is 10.5. The van der Waals surface area contributed by atoms with E-state index in [4.69, 9.17) is 4.74 Å². The standard InChI is InChI=1S/C20H20N2O2S/c1-14-7-6-10-17(13-14)24-12-11-21-19(23)18-15(2)22-20(25-18)16-8-4-3-5-9-16/h3-10,13H,11-12H2,1-2H3,(H,21,23). The summed E-state index contributed by atoms with van der Waals surface area (Å²) < 4.78 is 5.65. The number of hydrogen-bond acceptors (Lipinski definition) is 4. The van der Waals surface area contributed by atoms with Gasteiger partial charge in [0.25, 0.3) is 5.91 Å². The van der Waals surface area contributed by atoms with Gasteiger partial charge in [-0.15, -0.1) is 11.3 Å². The molecular weight excluding hydrogens is 332 g/mol. The molecule has 0 spiro atoms. The molecule has 0 fully saturated rings. The highest BCUT2D eigenvalue weighted by atomic mass is 32.1. The summed E-state index contributed by atoms with van der Waals surface area (Å²) in [7, 11) is 0. The number of amides is 1. The number of benzene rings is 2. The van der Waals surface area contributed by atoms with Crippen LogP contribution in [0.15, 0.2) is 54.6 Å². The van der Waals surface area contributed by atoms with E-state index >= 15 is 0 Å². The third-order valence-corrected chi connectivity index (χ3v) is 4.87. The van der Waals surface area contributed by atoms with Gasteiger partial charge in [-0.2, -0.15) is 0 Å². The van der Waals surface area contributed by atoms with E-state index in [9.17, 15) is 4.79 Å². The van der Waals surface area contributed by atoms with E-state index in [0.717, 1.165) is 27.6 Å². The fourth-order valence-electron chi connectivity index (χ4n) is 2.43. The number of ether oxygens (including phenoxy) is 1. The number of thiazole rings is 1. The monoisotopic (exact) mass is 352 g/mol. The van der Waals surface area contributed by atoms with E-state index in [-0.39, 0.29) is 5.91 Å². The van der Waals surface area contributed by atoms with Crippen LogP contribution in [0, 0.1) is 13.8 Å². The molecule has 0 radical (unpaired) electrons. The summed E-state index contributed by atoms with van der Waals surface area (Å²) in [4.78, 5) is 17.5. The van der Waals surface area contributed by atoms with Crippen LogP contribution in [0.3, 0.4) is 0 Å². The second-order valence-corrected chi connectivity index (χ2v) is 6.72. The number of carbonyl (C=O) groups excluding carboxylic acids is 1. The van der Waals surface area contributed by atoms with Crippen LogP contribution >= 0.6 is 11.3 Å². The lowest BCUT2D eigenvalue weighted by Crippen LogP contribution is -2.27. The fraction of sp³-hybridized carbons (Fsp3) is 0.200. The molecule has 1 heterocycles. The minimum Gasteiger partial charge on any atom is -0.492 e. The molecule has 1 N–H and O–H groups in total. The largest absolute Gasteiger partial charge is 0.492 e. The zero-order valence-electron chi connectivity index (χ0n) is 14.3. The summed E-state index contributed by atoms with van der Waals surface area (Å²) >= 11 is 1.41. The minimum absolute atomic E-state index is 0.106. The highest BCUT2D eigenvalue weighted by molar-refractivity contribution is 7.17. The number of nitrogens with one attached hydrogen (secondary N) is 1. The Morgan fingerprint density at radius 2 is 1.92 bits per heavy atom. The molecule has 1 aromatic heterocycles. The van der Waals surface area contributed by atoms with Gasteiger partial charge in [0, 0.05) is 5.56 Å². The van der Waals surface area contributed by atoms with Gasteiger partial charge in [0.1, 0.15) is 22.2 Å². The van der Waals surface area contributed by atoms with Crippen molar-refractivity contribution in [2.24, 2.45) is 0 Å². The van der Waals surface area contributed by atoms with Gasteiger partial charge < -0.3 is 10.1 Å². The number of aromatic nitrogens is 1. The molecule has 2 aromatic carbocycles. The third kappa shape index (κ3) is 4.45. The van der Waals surface area contributed by atoms with E-state index in [2.05, 4.69) is 10.3 Å². The van der Waals surface area contributed by atoms with Crippen molar-refractivity contribution in [3.63, 3.8) is 0 Å². The lowest BCUT2D eigenvalue weighted by atomic mass is 10.2. The molecule has 3 aromatic rings. The number of aryl methyl sites for hydroxylation is 2.